The average molecular weight is 279 g/mol. The molecule has 106 valence electrons. The van der Waals surface area contributed by atoms with Crippen LogP contribution in [0.3, 0.4) is 0 Å². The molecule has 1 saturated heterocycles. The number of ether oxygens (including phenoxy) is 1. The zero-order valence-corrected chi connectivity index (χ0v) is 12.7. The highest BCUT2D eigenvalue weighted by Crippen LogP contribution is 2.40. The minimum Gasteiger partial charge on any atom is -0.381 e. The van der Waals surface area contributed by atoms with Gasteiger partial charge in [0, 0.05) is 29.4 Å². The quantitative estimate of drug-likeness (QED) is 0.889. The molecule has 1 aliphatic carbocycles. The molecule has 3 atom stereocenters. The van der Waals surface area contributed by atoms with Gasteiger partial charge >= 0.3 is 0 Å². The highest BCUT2D eigenvalue weighted by molar-refractivity contribution is 7.10. The molecule has 1 aliphatic heterocycles. The van der Waals surface area contributed by atoms with E-state index in [0.29, 0.717) is 17.9 Å². The largest absolute Gasteiger partial charge is 0.381 e. The maximum atomic E-state index is 5.64. The first-order valence-corrected chi connectivity index (χ1v) is 8.65. The van der Waals surface area contributed by atoms with E-state index in [4.69, 9.17) is 4.74 Å². The molecule has 2 aliphatic rings. The van der Waals surface area contributed by atoms with Gasteiger partial charge in [-0.15, -0.1) is 11.3 Å². The van der Waals surface area contributed by atoms with Crippen molar-refractivity contribution in [2.75, 3.05) is 19.8 Å². The first-order valence-electron chi connectivity index (χ1n) is 7.77. The van der Waals surface area contributed by atoms with Crippen molar-refractivity contribution >= 4 is 11.3 Å². The summed E-state index contributed by atoms with van der Waals surface area (Å²) in [5, 5.41) is 6.12. The lowest BCUT2D eigenvalue weighted by Crippen LogP contribution is -2.42. The second kappa shape index (κ2) is 6.38. The van der Waals surface area contributed by atoms with E-state index in [2.05, 4.69) is 23.7 Å². The van der Waals surface area contributed by atoms with Gasteiger partial charge in [0.25, 0.3) is 0 Å². The third-order valence-electron chi connectivity index (χ3n) is 4.63. The molecule has 0 bridgehead atoms. The normalized spacial score (nSPS) is 28.3. The van der Waals surface area contributed by atoms with Crippen LogP contribution in [0, 0.1) is 5.92 Å². The van der Waals surface area contributed by atoms with Crippen molar-refractivity contribution in [3.05, 3.63) is 21.9 Å². The molecular formula is C16H25NOS. The van der Waals surface area contributed by atoms with Gasteiger partial charge < -0.3 is 10.1 Å². The average Bonchev–Trinajstić information content (AvgIpc) is 3.10. The summed E-state index contributed by atoms with van der Waals surface area (Å²) in [6, 6.07) is 3.00. The van der Waals surface area contributed by atoms with Crippen molar-refractivity contribution in [2.45, 2.75) is 51.0 Å². The van der Waals surface area contributed by atoms with Crippen LogP contribution in [0.15, 0.2) is 11.4 Å². The zero-order chi connectivity index (χ0) is 13.1. The van der Waals surface area contributed by atoms with Crippen molar-refractivity contribution < 1.29 is 4.74 Å². The lowest BCUT2D eigenvalue weighted by molar-refractivity contribution is 0.170. The first-order chi connectivity index (χ1) is 9.40. The minimum absolute atomic E-state index is 0.621. The minimum atomic E-state index is 0.621. The third kappa shape index (κ3) is 2.88. The monoisotopic (exact) mass is 279 g/mol. The van der Waals surface area contributed by atoms with Crippen LogP contribution >= 0.6 is 11.3 Å². The summed E-state index contributed by atoms with van der Waals surface area (Å²) >= 11 is 1.95. The van der Waals surface area contributed by atoms with E-state index >= 15 is 0 Å². The van der Waals surface area contributed by atoms with Gasteiger partial charge in [0.1, 0.15) is 0 Å². The fraction of sp³-hybridized carbons (Fsp3) is 0.750. The van der Waals surface area contributed by atoms with E-state index in [1.54, 1.807) is 10.4 Å². The molecule has 19 heavy (non-hydrogen) atoms. The van der Waals surface area contributed by atoms with E-state index in [9.17, 15) is 0 Å². The second-order valence-electron chi connectivity index (χ2n) is 5.90. The Labute approximate surface area is 120 Å². The standard InChI is InChI=1S/C16H25NOS/c1-2-8-17-16(12-6-9-18-11-12)14-4-3-5-15-13(14)7-10-19-15/h7,10,12,14,16-17H,2-6,8-9,11H2,1H3. The summed E-state index contributed by atoms with van der Waals surface area (Å²) in [4.78, 5) is 1.64. The Morgan fingerprint density at radius 1 is 1.47 bits per heavy atom. The molecule has 2 heterocycles. The van der Waals surface area contributed by atoms with Crippen molar-refractivity contribution in [3.8, 4) is 0 Å². The molecule has 3 heteroatoms. The fourth-order valence-electron chi connectivity index (χ4n) is 3.68. The van der Waals surface area contributed by atoms with Crippen LogP contribution in [0.1, 0.15) is 49.0 Å². The second-order valence-corrected chi connectivity index (χ2v) is 6.90. The molecule has 0 aromatic carbocycles. The van der Waals surface area contributed by atoms with E-state index in [1.807, 2.05) is 11.3 Å². The molecule has 0 amide bonds. The van der Waals surface area contributed by atoms with Crippen molar-refractivity contribution in [1.29, 1.82) is 0 Å². The summed E-state index contributed by atoms with van der Waals surface area (Å²) < 4.78 is 5.64. The van der Waals surface area contributed by atoms with Crippen molar-refractivity contribution in [3.63, 3.8) is 0 Å². The zero-order valence-electron chi connectivity index (χ0n) is 11.9. The highest BCUT2D eigenvalue weighted by atomic mass is 32.1. The predicted octanol–water partition coefficient (Wildman–Crippen LogP) is 3.57. The first kappa shape index (κ1) is 13.6. The maximum Gasteiger partial charge on any atom is 0.0510 e. The predicted molar refractivity (Wildman–Crippen MR) is 81.0 cm³/mol. The van der Waals surface area contributed by atoms with Crippen LogP contribution in [0.5, 0.6) is 0 Å². The van der Waals surface area contributed by atoms with E-state index < -0.39 is 0 Å². The molecule has 2 nitrogen and oxygen atoms in total. The summed E-state index contributed by atoms with van der Waals surface area (Å²) in [5.74, 6) is 1.43. The molecule has 0 radical (unpaired) electrons. The topological polar surface area (TPSA) is 21.3 Å². The Kier molecular flexibility index (Phi) is 4.57. The van der Waals surface area contributed by atoms with E-state index in [1.165, 1.54) is 32.1 Å². The van der Waals surface area contributed by atoms with Gasteiger partial charge in [-0.2, -0.15) is 0 Å². The molecule has 3 rings (SSSR count). The Bertz CT molecular complexity index is 397. The van der Waals surface area contributed by atoms with Crippen LogP contribution in [0.2, 0.25) is 0 Å². The lowest BCUT2D eigenvalue weighted by atomic mass is 9.77. The Morgan fingerprint density at radius 3 is 3.21 bits per heavy atom. The number of nitrogens with one attached hydrogen (secondary N) is 1. The number of hydrogen-bond acceptors (Lipinski definition) is 3. The molecule has 1 N–H and O–H groups in total. The Balaban J connectivity index is 1.79. The summed E-state index contributed by atoms with van der Waals surface area (Å²) in [5.41, 5.74) is 1.64. The molecular weight excluding hydrogens is 254 g/mol. The van der Waals surface area contributed by atoms with Crippen LogP contribution in [0.4, 0.5) is 0 Å². The van der Waals surface area contributed by atoms with Crippen molar-refractivity contribution in [2.24, 2.45) is 5.92 Å². The number of thiophene rings is 1. The van der Waals surface area contributed by atoms with Crippen molar-refractivity contribution in [1.82, 2.24) is 5.32 Å². The smallest absolute Gasteiger partial charge is 0.0510 e. The molecule has 0 saturated carbocycles. The number of hydrogen-bond donors (Lipinski definition) is 1. The van der Waals surface area contributed by atoms with Gasteiger partial charge in [0.15, 0.2) is 0 Å². The molecule has 1 fully saturated rings. The molecule has 3 unspecified atom stereocenters. The molecule has 1 aromatic heterocycles. The summed E-state index contributed by atoms with van der Waals surface area (Å²) in [6.45, 7) is 5.30. The third-order valence-corrected chi connectivity index (χ3v) is 5.63. The van der Waals surface area contributed by atoms with Gasteiger partial charge in [-0.25, -0.2) is 0 Å². The van der Waals surface area contributed by atoms with Crippen LogP contribution in [0.25, 0.3) is 0 Å². The van der Waals surface area contributed by atoms with E-state index in [-0.39, 0.29) is 0 Å². The van der Waals surface area contributed by atoms with E-state index in [0.717, 1.165) is 19.8 Å². The molecule has 0 spiro atoms. The van der Waals surface area contributed by atoms with Gasteiger partial charge in [-0.1, -0.05) is 6.92 Å². The number of rotatable bonds is 5. The SMILES string of the molecule is CCCNC(C1CCOC1)C1CCCc2sccc21. The summed E-state index contributed by atoms with van der Waals surface area (Å²) in [7, 11) is 0. The van der Waals surface area contributed by atoms with Gasteiger partial charge in [-0.3, -0.25) is 0 Å². The van der Waals surface area contributed by atoms with Gasteiger partial charge in [0.2, 0.25) is 0 Å². The van der Waals surface area contributed by atoms with Gasteiger partial charge in [-0.05, 0) is 55.7 Å². The maximum absolute atomic E-state index is 5.64. The van der Waals surface area contributed by atoms with Crippen LogP contribution in [-0.4, -0.2) is 25.8 Å². The molecule has 1 aromatic rings. The highest BCUT2D eigenvalue weighted by Gasteiger charge is 2.35. The van der Waals surface area contributed by atoms with Crippen LogP contribution < -0.4 is 5.32 Å². The van der Waals surface area contributed by atoms with Gasteiger partial charge in [0.05, 0.1) is 6.61 Å². The fourth-order valence-corrected chi connectivity index (χ4v) is 4.68. The Hall–Kier alpha value is -0.380. The Morgan fingerprint density at radius 2 is 2.42 bits per heavy atom. The summed E-state index contributed by atoms with van der Waals surface area (Å²) in [6.07, 6.45) is 6.45. The number of fused-ring (bicyclic) bond motifs is 1. The number of aryl methyl sites for hydroxylation is 1. The van der Waals surface area contributed by atoms with Crippen LogP contribution in [-0.2, 0) is 11.2 Å². The lowest BCUT2D eigenvalue weighted by Gasteiger charge is -2.35.